The molecular formula is C33H48N2O10. The molecule has 12 heteroatoms. The first-order chi connectivity index (χ1) is 22.7. The Balaban J connectivity index is 2.22. The first kappa shape index (κ1) is 30.0. The number of benzene rings is 1. The number of para-hydroxylation sites is 1. The summed E-state index contributed by atoms with van der Waals surface area (Å²) in [5.74, 6) is -3.39. The van der Waals surface area contributed by atoms with E-state index >= 15 is 0 Å². The van der Waals surface area contributed by atoms with Crippen LogP contribution in [0.3, 0.4) is 0 Å². The molecule has 0 spiro atoms. The fourth-order valence-corrected chi connectivity index (χ4v) is 3.85. The van der Waals surface area contributed by atoms with Crippen LogP contribution in [0.15, 0.2) is 24.3 Å². The lowest BCUT2D eigenvalue weighted by molar-refractivity contribution is -0.294. The predicted octanol–water partition coefficient (Wildman–Crippen LogP) is 5.13. The van der Waals surface area contributed by atoms with Crippen LogP contribution in [0.2, 0.25) is 0 Å². The summed E-state index contributed by atoms with van der Waals surface area (Å²) >= 11 is 0. The maximum atomic E-state index is 13.6. The summed E-state index contributed by atoms with van der Waals surface area (Å²) in [6.45, 7) is 9.91. The average Bonchev–Trinajstić information content (AvgIpc) is 3.48. The molecule has 0 radical (unpaired) electrons. The summed E-state index contributed by atoms with van der Waals surface area (Å²) in [5.41, 5.74) is -4.65. The third-order valence-corrected chi connectivity index (χ3v) is 6.57. The zero-order valence-corrected chi connectivity index (χ0v) is 27.3. The van der Waals surface area contributed by atoms with Crippen molar-refractivity contribution in [2.45, 2.75) is 114 Å². The van der Waals surface area contributed by atoms with E-state index in [1.54, 1.807) is 24.3 Å². The van der Waals surface area contributed by atoms with Crippen LogP contribution in [0.4, 0.5) is 0 Å². The van der Waals surface area contributed by atoms with Crippen molar-refractivity contribution in [3.05, 3.63) is 24.3 Å². The van der Waals surface area contributed by atoms with Gasteiger partial charge in [-0.1, -0.05) is 12.1 Å². The van der Waals surface area contributed by atoms with Crippen molar-refractivity contribution < 1.29 is 53.1 Å². The van der Waals surface area contributed by atoms with E-state index in [0.29, 0.717) is 10.9 Å². The third kappa shape index (κ3) is 8.96. The zero-order chi connectivity index (χ0) is 36.9. The lowest BCUT2D eigenvalue weighted by Crippen LogP contribution is -2.65. The van der Waals surface area contributed by atoms with Gasteiger partial charge in [0.05, 0.1) is 32.6 Å². The Bertz CT molecular complexity index is 1490. The van der Waals surface area contributed by atoms with E-state index < -0.39 is 82.8 Å². The molecule has 0 saturated carbocycles. The van der Waals surface area contributed by atoms with Crippen LogP contribution in [0.1, 0.15) is 88.5 Å². The average molecular weight is 637 g/mol. The van der Waals surface area contributed by atoms with Gasteiger partial charge in [-0.3, -0.25) is 24.3 Å². The number of nitrogens with one attached hydrogen (secondary N) is 1. The zero-order valence-electron chi connectivity index (χ0n) is 31.3. The number of aromatic nitrogens is 2. The van der Waals surface area contributed by atoms with E-state index in [4.69, 9.17) is 33.9 Å². The molecule has 2 heterocycles. The summed E-state index contributed by atoms with van der Waals surface area (Å²) in [4.78, 5) is 53.6. The minimum absolute atomic E-state index is 0.0230. The molecule has 250 valence electrons. The number of aromatic amines is 1. The standard InChI is InChI=1S/C33H48N2O10/c1-30(2,3)26(36)40-17-20-21(42-27(37)31(4,5)6)22(43-28(38)32(7,8)9)23(44-29(39)33(10,11)12)25(41-20)45-24-18-15-13-14-16-19(18)34-35-24/h13-16,20-23,25H,17H2,1-12H3,(H,34,35)/t20-,21-,22+,23-,25?/m1/s1/i1D,4D,7D,10D. The molecule has 1 aliphatic rings. The van der Waals surface area contributed by atoms with Gasteiger partial charge in [-0.2, -0.15) is 0 Å². The molecule has 1 aromatic heterocycles. The first-order valence-electron chi connectivity index (χ1n) is 17.3. The highest BCUT2D eigenvalue weighted by atomic mass is 16.7. The van der Waals surface area contributed by atoms with Crippen molar-refractivity contribution in [2.24, 2.45) is 21.7 Å². The van der Waals surface area contributed by atoms with Crippen molar-refractivity contribution in [1.82, 2.24) is 10.2 Å². The van der Waals surface area contributed by atoms with Crippen LogP contribution >= 0.6 is 0 Å². The number of carbonyl (C=O) groups excluding carboxylic acids is 4. The number of nitrogens with zero attached hydrogens (tertiary/aromatic N) is 1. The van der Waals surface area contributed by atoms with Gasteiger partial charge >= 0.3 is 23.9 Å². The first-order valence-corrected chi connectivity index (χ1v) is 14.5. The molecule has 2 aromatic rings. The van der Waals surface area contributed by atoms with E-state index in [0.717, 1.165) is 0 Å². The third-order valence-electron chi connectivity index (χ3n) is 6.57. The van der Waals surface area contributed by atoms with Gasteiger partial charge in [0.2, 0.25) is 18.3 Å². The number of esters is 4. The van der Waals surface area contributed by atoms with Crippen molar-refractivity contribution in [2.75, 3.05) is 6.61 Å². The molecular weight excluding hydrogens is 584 g/mol. The van der Waals surface area contributed by atoms with Gasteiger partial charge < -0.3 is 28.4 Å². The Morgan fingerprint density at radius 1 is 0.756 bits per heavy atom. The minimum atomic E-state index is -1.66. The predicted molar refractivity (Wildman–Crippen MR) is 164 cm³/mol. The molecule has 0 bridgehead atoms. The molecule has 1 saturated heterocycles. The maximum Gasteiger partial charge on any atom is 0.311 e. The van der Waals surface area contributed by atoms with Gasteiger partial charge in [0.15, 0.2) is 12.2 Å². The molecule has 0 aliphatic carbocycles. The number of hydrogen-bond donors (Lipinski definition) is 1. The number of hydrogen-bond acceptors (Lipinski definition) is 11. The summed E-state index contributed by atoms with van der Waals surface area (Å²) in [7, 11) is 0. The quantitative estimate of drug-likeness (QED) is 0.318. The molecule has 1 N–H and O–H groups in total. The van der Waals surface area contributed by atoms with Crippen molar-refractivity contribution in [3.8, 4) is 5.88 Å². The minimum Gasteiger partial charge on any atom is -0.462 e. The van der Waals surface area contributed by atoms with Gasteiger partial charge in [-0.15, -0.1) is 5.10 Å². The van der Waals surface area contributed by atoms with Crippen LogP contribution in [-0.2, 0) is 42.9 Å². The molecule has 5 atom stereocenters. The fourth-order valence-electron chi connectivity index (χ4n) is 3.85. The Kier molecular flexibility index (Phi) is 8.66. The molecule has 1 aliphatic heterocycles. The van der Waals surface area contributed by atoms with E-state index in [-0.39, 0.29) is 33.5 Å². The van der Waals surface area contributed by atoms with Gasteiger partial charge in [0.1, 0.15) is 12.7 Å². The Morgan fingerprint density at radius 3 is 1.80 bits per heavy atom. The van der Waals surface area contributed by atoms with Crippen LogP contribution in [0.5, 0.6) is 5.88 Å². The second kappa shape index (κ2) is 13.0. The second-order valence-corrected chi connectivity index (χ2v) is 14.0. The van der Waals surface area contributed by atoms with Gasteiger partial charge in [0, 0.05) is 5.48 Å². The van der Waals surface area contributed by atoms with E-state index in [9.17, 15) is 19.2 Å². The summed E-state index contributed by atoms with van der Waals surface area (Å²) < 4.78 is 67.3. The molecule has 45 heavy (non-hydrogen) atoms. The fraction of sp³-hybridized carbons (Fsp3) is 0.667. The number of carbonyl (C=O) groups is 4. The highest BCUT2D eigenvalue weighted by molar-refractivity contribution is 5.83. The molecule has 1 unspecified atom stereocenters. The maximum absolute atomic E-state index is 13.6. The lowest BCUT2D eigenvalue weighted by atomic mass is 9.93. The van der Waals surface area contributed by atoms with Crippen molar-refractivity contribution in [3.63, 3.8) is 0 Å². The molecule has 3 rings (SSSR count). The van der Waals surface area contributed by atoms with Crippen molar-refractivity contribution >= 4 is 34.8 Å². The summed E-state index contributed by atoms with van der Waals surface area (Å²) in [6, 6.07) is 6.98. The van der Waals surface area contributed by atoms with E-state index in [1.807, 2.05) is 0 Å². The Labute approximate surface area is 270 Å². The largest absolute Gasteiger partial charge is 0.462 e. The number of H-pyrrole nitrogens is 1. The topological polar surface area (TPSA) is 152 Å². The van der Waals surface area contributed by atoms with Gasteiger partial charge in [-0.25, -0.2) is 0 Å². The highest BCUT2D eigenvalue weighted by Crippen LogP contribution is 2.36. The molecule has 1 aromatic carbocycles. The summed E-state index contributed by atoms with van der Waals surface area (Å²) in [5, 5.41) is 7.57. The molecule has 1 fully saturated rings. The van der Waals surface area contributed by atoms with Crippen LogP contribution in [0.25, 0.3) is 10.9 Å². The smallest absolute Gasteiger partial charge is 0.311 e. The molecule has 0 amide bonds. The number of fused-ring (bicyclic) bond motifs is 1. The Morgan fingerprint density at radius 2 is 1.24 bits per heavy atom. The van der Waals surface area contributed by atoms with Crippen LogP contribution in [-0.4, -0.2) is 71.4 Å². The SMILES string of the molecule is [2H]CC(C)(C)C(=O)OC[C@H]1OC(Oc2n[nH]c3ccccc23)[C@H](OC(=O)C(C)(C)C[2H])[C@@H](OC(=O)C(C)(C)C[2H])[C@@H]1OC(=O)C(C)(C)C[2H]. The normalized spacial score (nSPS) is 24.0. The summed E-state index contributed by atoms with van der Waals surface area (Å²) in [6.07, 6.45) is -7.91. The van der Waals surface area contributed by atoms with Gasteiger partial charge in [0.25, 0.3) is 0 Å². The highest BCUT2D eigenvalue weighted by Gasteiger charge is 2.56. The lowest BCUT2D eigenvalue weighted by Gasteiger charge is -2.45. The van der Waals surface area contributed by atoms with Gasteiger partial charge in [-0.05, 0) is 95.1 Å². The van der Waals surface area contributed by atoms with Crippen LogP contribution in [0, 0.1) is 21.7 Å². The van der Waals surface area contributed by atoms with E-state index in [2.05, 4.69) is 10.2 Å². The monoisotopic (exact) mass is 636 g/mol. The second-order valence-electron chi connectivity index (χ2n) is 14.0. The Hall–Kier alpha value is -3.67. The number of rotatable bonds is 7. The number of ether oxygens (including phenoxy) is 6. The van der Waals surface area contributed by atoms with Crippen molar-refractivity contribution in [1.29, 1.82) is 0 Å². The molecule has 12 nitrogen and oxygen atoms in total. The van der Waals surface area contributed by atoms with E-state index in [1.165, 1.54) is 55.4 Å². The van der Waals surface area contributed by atoms with Crippen LogP contribution < -0.4 is 4.74 Å².